The Balaban J connectivity index is 1.79. The van der Waals surface area contributed by atoms with E-state index in [-0.39, 0.29) is 24.9 Å². The molecule has 0 radical (unpaired) electrons. The van der Waals surface area contributed by atoms with E-state index in [0.29, 0.717) is 21.9 Å². The molecule has 6 nitrogen and oxygen atoms in total. The summed E-state index contributed by atoms with van der Waals surface area (Å²) in [7, 11) is 0. The second-order valence-electron chi connectivity index (χ2n) is 5.14. The third kappa shape index (κ3) is 5.93. The van der Waals surface area contributed by atoms with Gasteiger partial charge in [0.05, 0.1) is 0 Å². The molecule has 0 aliphatic heterocycles. The van der Waals surface area contributed by atoms with Gasteiger partial charge >= 0.3 is 5.97 Å². The molecule has 0 aromatic heterocycles. The van der Waals surface area contributed by atoms with E-state index < -0.39 is 5.97 Å². The summed E-state index contributed by atoms with van der Waals surface area (Å²) in [6, 6.07) is 12.8. The number of hydrogen-bond donors (Lipinski definition) is 2. The van der Waals surface area contributed by atoms with Crippen LogP contribution in [0.15, 0.2) is 48.5 Å². The van der Waals surface area contributed by atoms with Crippen LogP contribution in [-0.4, -0.2) is 30.9 Å². The highest BCUT2D eigenvalue weighted by Gasteiger charge is 2.08. The fraction of sp³-hybridized carbons (Fsp3) is 0.167. The Labute approximate surface area is 150 Å². The van der Waals surface area contributed by atoms with Crippen molar-refractivity contribution in [1.29, 1.82) is 0 Å². The number of hydrogen-bond acceptors (Lipinski definition) is 4. The van der Waals surface area contributed by atoms with Crippen LogP contribution in [0.4, 0.5) is 0 Å². The lowest BCUT2D eigenvalue weighted by atomic mass is 10.2. The lowest BCUT2D eigenvalue weighted by molar-refractivity contribution is -0.131. The average Bonchev–Trinajstić information content (AvgIpc) is 2.58. The normalized spacial score (nSPS) is 10.0. The van der Waals surface area contributed by atoms with E-state index in [4.69, 9.17) is 16.3 Å². The van der Waals surface area contributed by atoms with Crippen molar-refractivity contribution in [2.75, 3.05) is 13.1 Å². The van der Waals surface area contributed by atoms with Gasteiger partial charge in [-0.25, -0.2) is 0 Å². The van der Waals surface area contributed by atoms with E-state index in [1.807, 2.05) is 0 Å². The predicted molar refractivity (Wildman–Crippen MR) is 93.9 cm³/mol. The van der Waals surface area contributed by atoms with Gasteiger partial charge in [0.2, 0.25) is 0 Å². The predicted octanol–water partition coefficient (Wildman–Crippen LogP) is 2.43. The van der Waals surface area contributed by atoms with Gasteiger partial charge in [0.15, 0.2) is 0 Å². The summed E-state index contributed by atoms with van der Waals surface area (Å²) in [5, 5.41) is 5.93. The van der Waals surface area contributed by atoms with Crippen molar-refractivity contribution >= 4 is 29.4 Å². The molecule has 0 bridgehead atoms. The molecule has 0 saturated carbocycles. The Bertz CT molecular complexity index is 775. The summed E-state index contributed by atoms with van der Waals surface area (Å²) in [6.07, 6.45) is 0. The standard InChI is InChI=1S/C18H17ClN2O4/c1-12(22)25-16-4-2-3-14(11-16)18(24)21-10-9-20-17(23)13-5-7-15(19)8-6-13/h2-8,11H,9-10H2,1H3,(H,20,23)(H,21,24). The van der Waals surface area contributed by atoms with Crippen molar-refractivity contribution < 1.29 is 19.1 Å². The van der Waals surface area contributed by atoms with Crippen LogP contribution in [0.2, 0.25) is 5.02 Å². The van der Waals surface area contributed by atoms with E-state index in [1.54, 1.807) is 42.5 Å². The van der Waals surface area contributed by atoms with Gasteiger partial charge in [-0.1, -0.05) is 17.7 Å². The maximum atomic E-state index is 12.1. The number of rotatable bonds is 6. The minimum atomic E-state index is -0.456. The van der Waals surface area contributed by atoms with Crippen LogP contribution < -0.4 is 15.4 Å². The number of carbonyl (C=O) groups excluding carboxylic acids is 3. The minimum Gasteiger partial charge on any atom is -0.427 e. The van der Waals surface area contributed by atoms with Crippen LogP contribution in [0.25, 0.3) is 0 Å². The highest BCUT2D eigenvalue weighted by molar-refractivity contribution is 6.30. The molecule has 0 fully saturated rings. The minimum absolute atomic E-state index is 0.247. The van der Waals surface area contributed by atoms with Gasteiger partial charge in [0, 0.05) is 36.2 Å². The molecule has 25 heavy (non-hydrogen) atoms. The first kappa shape index (κ1) is 18.5. The van der Waals surface area contributed by atoms with Crippen molar-refractivity contribution in [2.45, 2.75) is 6.92 Å². The Kier molecular flexibility index (Phi) is 6.54. The summed E-state index contributed by atoms with van der Waals surface area (Å²) in [4.78, 5) is 34.9. The average molecular weight is 361 g/mol. The zero-order chi connectivity index (χ0) is 18.2. The maximum Gasteiger partial charge on any atom is 0.308 e. The number of ether oxygens (including phenoxy) is 1. The molecule has 0 aliphatic rings. The van der Waals surface area contributed by atoms with Gasteiger partial charge in [-0.05, 0) is 42.5 Å². The van der Waals surface area contributed by atoms with E-state index >= 15 is 0 Å². The Morgan fingerprint density at radius 3 is 2.12 bits per heavy atom. The van der Waals surface area contributed by atoms with Crippen LogP contribution in [0.1, 0.15) is 27.6 Å². The molecule has 0 atom stereocenters. The van der Waals surface area contributed by atoms with E-state index in [2.05, 4.69) is 10.6 Å². The molecule has 2 amide bonds. The summed E-state index contributed by atoms with van der Waals surface area (Å²) >= 11 is 5.77. The molecule has 2 aromatic carbocycles. The Morgan fingerprint density at radius 2 is 1.52 bits per heavy atom. The lowest BCUT2D eigenvalue weighted by Gasteiger charge is -2.08. The van der Waals surface area contributed by atoms with E-state index in [9.17, 15) is 14.4 Å². The van der Waals surface area contributed by atoms with Crippen molar-refractivity contribution in [1.82, 2.24) is 10.6 Å². The van der Waals surface area contributed by atoms with Crippen LogP contribution in [0.5, 0.6) is 5.75 Å². The quantitative estimate of drug-likeness (QED) is 0.470. The molecule has 0 unspecified atom stereocenters. The third-order valence-corrected chi connectivity index (χ3v) is 3.41. The summed E-state index contributed by atoms with van der Waals surface area (Å²) in [6.45, 7) is 1.82. The second kappa shape index (κ2) is 8.84. The fourth-order valence-electron chi connectivity index (χ4n) is 2.02. The number of amides is 2. The van der Waals surface area contributed by atoms with Crippen LogP contribution in [-0.2, 0) is 4.79 Å². The van der Waals surface area contributed by atoms with Crippen LogP contribution in [0, 0.1) is 0 Å². The third-order valence-electron chi connectivity index (χ3n) is 3.16. The topological polar surface area (TPSA) is 84.5 Å². The first-order valence-electron chi connectivity index (χ1n) is 7.56. The summed E-state index contributed by atoms with van der Waals surface area (Å²) < 4.78 is 4.93. The van der Waals surface area contributed by atoms with Crippen molar-refractivity contribution in [3.8, 4) is 5.75 Å². The van der Waals surface area contributed by atoms with Crippen LogP contribution >= 0.6 is 11.6 Å². The van der Waals surface area contributed by atoms with Crippen molar-refractivity contribution in [3.05, 3.63) is 64.7 Å². The summed E-state index contributed by atoms with van der Waals surface area (Å²) in [5.41, 5.74) is 0.854. The number of carbonyl (C=O) groups is 3. The highest BCUT2D eigenvalue weighted by atomic mass is 35.5. The zero-order valence-corrected chi connectivity index (χ0v) is 14.3. The Morgan fingerprint density at radius 1 is 0.920 bits per heavy atom. The molecule has 7 heteroatoms. The molecule has 2 rings (SSSR count). The monoisotopic (exact) mass is 360 g/mol. The maximum absolute atomic E-state index is 12.1. The Hall–Kier alpha value is -2.86. The molecule has 2 aromatic rings. The van der Waals surface area contributed by atoms with Gasteiger partial charge in [-0.15, -0.1) is 0 Å². The van der Waals surface area contributed by atoms with Gasteiger partial charge in [0.1, 0.15) is 5.75 Å². The molecule has 130 valence electrons. The number of nitrogens with one attached hydrogen (secondary N) is 2. The number of benzene rings is 2. The molecular formula is C18H17ClN2O4. The summed E-state index contributed by atoms with van der Waals surface area (Å²) in [5.74, 6) is -0.726. The molecule has 0 saturated heterocycles. The molecule has 0 heterocycles. The second-order valence-corrected chi connectivity index (χ2v) is 5.58. The van der Waals surface area contributed by atoms with E-state index in [1.165, 1.54) is 13.0 Å². The SMILES string of the molecule is CC(=O)Oc1cccc(C(=O)NCCNC(=O)c2ccc(Cl)cc2)c1. The van der Waals surface area contributed by atoms with Gasteiger partial charge < -0.3 is 15.4 Å². The van der Waals surface area contributed by atoms with Gasteiger partial charge in [-0.2, -0.15) is 0 Å². The fourth-order valence-corrected chi connectivity index (χ4v) is 2.15. The number of halogens is 1. The first-order chi connectivity index (χ1) is 12.0. The van der Waals surface area contributed by atoms with Crippen molar-refractivity contribution in [2.24, 2.45) is 0 Å². The van der Waals surface area contributed by atoms with Gasteiger partial charge in [0.25, 0.3) is 11.8 Å². The molecular weight excluding hydrogens is 344 g/mol. The first-order valence-corrected chi connectivity index (χ1v) is 7.94. The molecule has 0 aliphatic carbocycles. The number of esters is 1. The highest BCUT2D eigenvalue weighted by Crippen LogP contribution is 2.13. The largest absolute Gasteiger partial charge is 0.427 e. The smallest absolute Gasteiger partial charge is 0.308 e. The van der Waals surface area contributed by atoms with Crippen LogP contribution in [0.3, 0.4) is 0 Å². The van der Waals surface area contributed by atoms with Crippen molar-refractivity contribution in [3.63, 3.8) is 0 Å². The lowest BCUT2D eigenvalue weighted by Crippen LogP contribution is -2.34. The van der Waals surface area contributed by atoms with Gasteiger partial charge in [-0.3, -0.25) is 14.4 Å². The molecule has 2 N–H and O–H groups in total. The zero-order valence-electron chi connectivity index (χ0n) is 13.5. The molecule has 0 spiro atoms. The van der Waals surface area contributed by atoms with E-state index in [0.717, 1.165) is 0 Å².